The highest BCUT2D eigenvalue weighted by Gasteiger charge is 2.29. The second-order valence-corrected chi connectivity index (χ2v) is 4.27. The van der Waals surface area contributed by atoms with Gasteiger partial charge < -0.3 is 15.4 Å². The molecule has 0 amide bonds. The standard InChI is InChI=1S/C12H18N2O/c1-14-7-11(12(13)8-14)9-4-3-5-10(6-9)15-2/h3-6,11-12H,7-8,13H2,1-2H3/t11-,12+/m1/s1. The summed E-state index contributed by atoms with van der Waals surface area (Å²) in [6.45, 7) is 2.01. The van der Waals surface area contributed by atoms with Crippen molar-refractivity contribution in [1.82, 2.24) is 4.90 Å². The first-order chi connectivity index (χ1) is 7.20. The molecule has 1 fully saturated rings. The molecule has 0 bridgehead atoms. The molecule has 3 nitrogen and oxygen atoms in total. The quantitative estimate of drug-likeness (QED) is 0.786. The summed E-state index contributed by atoms with van der Waals surface area (Å²) in [5.74, 6) is 1.35. The van der Waals surface area contributed by atoms with E-state index < -0.39 is 0 Å². The van der Waals surface area contributed by atoms with E-state index in [0.29, 0.717) is 5.92 Å². The van der Waals surface area contributed by atoms with Crippen molar-refractivity contribution in [3.8, 4) is 5.75 Å². The molecule has 0 radical (unpaired) electrons. The fourth-order valence-electron chi connectivity index (χ4n) is 2.26. The molecule has 1 heterocycles. The van der Waals surface area contributed by atoms with Crippen LogP contribution in [0.25, 0.3) is 0 Å². The predicted molar refractivity (Wildman–Crippen MR) is 61.2 cm³/mol. The molecule has 82 valence electrons. The Labute approximate surface area is 90.8 Å². The number of methoxy groups -OCH3 is 1. The van der Waals surface area contributed by atoms with Gasteiger partial charge in [-0.15, -0.1) is 0 Å². The first-order valence-corrected chi connectivity index (χ1v) is 5.29. The van der Waals surface area contributed by atoms with Crippen molar-refractivity contribution < 1.29 is 4.74 Å². The maximum absolute atomic E-state index is 6.11. The minimum absolute atomic E-state index is 0.238. The summed E-state index contributed by atoms with van der Waals surface area (Å²) in [5.41, 5.74) is 7.39. The van der Waals surface area contributed by atoms with Crippen LogP contribution in [-0.2, 0) is 0 Å². The number of nitrogens with zero attached hydrogens (tertiary/aromatic N) is 1. The second-order valence-electron chi connectivity index (χ2n) is 4.27. The number of rotatable bonds is 2. The fourth-order valence-corrected chi connectivity index (χ4v) is 2.26. The van der Waals surface area contributed by atoms with E-state index in [2.05, 4.69) is 24.1 Å². The third-order valence-corrected chi connectivity index (χ3v) is 3.07. The number of hydrogen-bond acceptors (Lipinski definition) is 3. The van der Waals surface area contributed by atoms with Gasteiger partial charge in [0.2, 0.25) is 0 Å². The van der Waals surface area contributed by atoms with E-state index in [1.165, 1.54) is 5.56 Å². The number of benzene rings is 1. The van der Waals surface area contributed by atoms with Gasteiger partial charge in [0.05, 0.1) is 7.11 Å². The molecule has 1 saturated heterocycles. The minimum Gasteiger partial charge on any atom is -0.497 e. The van der Waals surface area contributed by atoms with Gasteiger partial charge in [0.15, 0.2) is 0 Å². The molecule has 0 spiro atoms. The minimum atomic E-state index is 0.238. The number of nitrogens with two attached hydrogens (primary N) is 1. The van der Waals surface area contributed by atoms with E-state index in [1.807, 2.05) is 12.1 Å². The molecule has 1 aliphatic heterocycles. The van der Waals surface area contributed by atoms with Crippen LogP contribution in [0.15, 0.2) is 24.3 Å². The van der Waals surface area contributed by atoms with Crippen molar-refractivity contribution >= 4 is 0 Å². The maximum atomic E-state index is 6.11. The van der Waals surface area contributed by atoms with E-state index in [-0.39, 0.29) is 6.04 Å². The molecule has 2 N–H and O–H groups in total. The molecule has 0 saturated carbocycles. The molecule has 1 aromatic rings. The fraction of sp³-hybridized carbons (Fsp3) is 0.500. The van der Waals surface area contributed by atoms with Gasteiger partial charge in [-0.05, 0) is 24.7 Å². The lowest BCUT2D eigenvalue weighted by molar-refractivity contribution is 0.406. The van der Waals surface area contributed by atoms with Gasteiger partial charge in [-0.2, -0.15) is 0 Å². The third-order valence-electron chi connectivity index (χ3n) is 3.07. The summed E-state index contributed by atoms with van der Waals surface area (Å²) in [5, 5.41) is 0. The molecule has 3 heteroatoms. The first kappa shape index (κ1) is 10.5. The summed E-state index contributed by atoms with van der Waals surface area (Å²) in [7, 11) is 3.81. The summed E-state index contributed by atoms with van der Waals surface area (Å²) in [6, 6.07) is 8.45. The molecule has 1 aliphatic rings. The molecule has 0 aromatic heterocycles. The van der Waals surface area contributed by atoms with Crippen LogP contribution in [0.4, 0.5) is 0 Å². The maximum Gasteiger partial charge on any atom is 0.119 e. The van der Waals surface area contributed by atoms with Crippen molar-refractivity contribution in [2.45, 2.75) is 12.0 Å². The molecule has 2 rings (SSSR count). The molecular formula is C12H18N2O. The van der Waals surface area contributed by atoms with Crippen LogP contribution in [0.1, 0.15) is 11.5 Å². The zero-order valence-electron chi connectivity index (χ0n) is 9.31. The van der Waals surface area contributed by atoms with E-state index in [0.717, 1.165) is 18.8 Å². The SMILES string of the molecule is COc1cccc([C@H]2CN(C)C[C@@H]2N)c1. The Bertz CT molecular complexity index is 340. The van der Waals surface area contributed by atoms with Crippen LogP contribution < -0.4 is 10.5 Å². The second kappa shape index (κ2) is 4.21. The summed E-state index contributed by atoms with van der Waals surface area (Å²) in [6.07, 6.45) is 0. The van der Waals surface area contributed by atoms with E-state index in [4.69, 9.17) is 10.5 Å². The summed E-state index contributed by atoms with van der Waals surface area (Å²) < 4.78 is 5.22. The van der Waals surface area contributed by atoms with Crippen LogP contribution in [0, 0.1) is 0 Å². The Hall–Kier alpha value is -1.06. The van der Waals surface area contributed by atoms with Gasteiger partial charge in [-0.3, -0.25) is 0 Å². The summed E-state index contributed by atoms with van der Waals surface area (Å²) in [4.78, 5) is 2.27. The van der Waals surface area contributed by atoms with Crippen molar-refractivity contribution in [2.24, 2.45) is 5.73 Å². The Balaban J connectivity index is 2.21. The molecule has 0 aliphatic carbocycles. The van der Waals surface area contributed by atoms with Crippen molar-refractivity contribution in [1.29, 1.82) is 0 Å². The zero-order chi connectivity index (χ0) is 10.8. The van der Waals surface area contributed by atoms with Gasteiger partial charge in [-0.25, -0.2) is 0 Å². The Kier molecular flexibility index (Phi) is 2.93. The predicted octanol–water partition coefficient (Wildman–Crippen LogP) is 1.05. The van der Waals surface area contributed by atoms with Crippen molar-refractivity contribution in [3.63, 3.8) is 0 Å². The smallest absolute Gasteiger partial charge is 0.119 e. The normalized spacial score (nSPS) is 26.9. The lowest BCUT2D eigenvalue weighted by atomic mass is 9.95. The van der Waals surface area contributed by atoms with Crippen LogP contribution in [-0.4, -0.2) is 38.2 Å². The molecule has 1 aromatic carbocycles. The van der Waals surface area contributed by atoms with Gasteiger partial charge in [-0.1, -0.05) is 12.1 Å². The van der Waals surface area contributed by atoms with Crippen LogP contribution in [0.3, 0.4) is 0 Å². The van der Waals surface area contributed by atoms with Crippen LogP contribution in [0.5, 0.6) is 5.75 Å². The Morgan fingerprint density at radius 3 is 2.80 bits per heavy atom. The average molecular weight is 206 g/mol. The Morgan fingerprint density at radius 1 is 1.40 bits per heavy atom. The number of likely N-dealkylation sites (N-methyl/N-ethyl adjacent to an activating group) is 1. The lowest BCUT2D eigenvalue weighted by Crippen LogP contribution is -2.27. The highest BCUT2D eigenvalue weighted by molar-refractivity contribution is 5.32. The zero-order valence-corrected chi connectivity index (χ0v) is 9.31. The average Bonchev–Trinajstić information content (AvgIpc) is 2.58. The van der Waals surface area contributed by atoms with Crippen molar-refractivity contribution in [3.05, 3.63) is 29.8 Å². The van der Waals surface area contributed by atoms with Gasteiger partial charge >= 0.3 is 0 Å². The monoisotopic (exact) mass is 206 g/mol. The number of ether oxygens (including phenoxy) is 1. The highest BCUT2D eigenvalue weighted by Crippen LogP contribution is 2.27. The van der Waals surface area contributed by atoms with Crippen LogP contribution >= 0.6 is 0 Å². The number of likely N-dealkylation sites (tertiary alicyclic amines) is 1. The molecular weight excluding hydrogens is 188 g/mol. The molecule has 0 unspecified atom stereocenters. The number of hydrogen-bond donors (Lipinski definition) is 1. The van der Waals surface area contributed by atoms with E-state index in [9.17, 15) is 0 Å². The summed E-state index contributed by atoms with van der Waals surface area (Å²) >= 11 is 0. The van der Waals surface area contributed by atoms with Gasteiger partial charge in [0.1, 0.15) is 5.75 Å². The largest absolute Gasteiger partial charge is 0.497 e. The van der Waals surface area contributed by atoms with Crippen molar-refractivity contribution in [2.75, 3.05) is 27.2 Å². The Morgan fingerprint density at radius 2 is 2.20 bits per heavy atom. The van der Waals surface area contributed by atoms with E-state index >= 15 is 0 Å². The van der Waals surface area contributed by atoms with Crippen LogP contribution in [0.2, 0.25) is 0 Å². The van der Waals surface area contributed by atoms with Gasteiger partial charge in [0.25, 0.3) is 0 Å². The third kappa shape index (κ3) is 2.13. The lowest BCUT2D eigenvalue weighted by Gasteiger charge is -2.15. The highest BCUT2D eigenvalue weighted by atomic mass is 16.5. The first-order valence-electron chi connectivity index (χ1n) is 5.29. The molecule has 2 atom stereocenters. The topological polar surface area (TPSA) is 38.5 Å². The van der Waals surface area contributed by atoms with E-state index in [1.54, 1.807) is 7.11 Å². The van der Waals surface area contributed by atoms with Gasteiger partial charge in [0, 0.05) is 25.0 Å². The molecule has 15 heavy (non-hydrogen) atoms.